The molecule has 0 radical (unpaired) electrons. The van der Waals surface area contributed by atoms with Crippen molar-refractivity contribution in [2.75, 3.05) is 19.6 Å². The molecule has 1 amide bonds. The van der Waals surface area contributed by atoms with Gasteiger partial charge < -0.3 is 11.1 Å². The third-order valence-electron chi connectivity index (χ3n) is 2.82. The Kier molecular flexibility index (Phi) is 4.22. The molecule has 3 N–H and O–H groups in total. The monoisotopic (exact) mass is 264 g/mol. The van der Waals surface area contributed by atoms with Crippen molar-refractivity contribution in [1.29, 1.82) is 0 Å². The summed E-state index contributed by atoms with van der Waals surface area (Å²) in [6.45, 7) is 2.81. The molecule has 0 saturated carbocycles. The Morgan fingerprint density at radius 1 is 1.61 bits per heavy atom. The van der Waals surface area contributed by atoms with Gasteiger partial charge in [0, 0.05) is 25.8 Å². The summed E-state index contributed by atoms with van der Waals surface area (Å²) in [5.41, 5.74) is 7.25. The molecule has 18 heavy (non-hydrogen) atoms. The number of nitrogens with one attached hydrogen (secondary N) is 1. The zero-order valence-corrected chi connectivity index (χ0v) is 10.9. The molecule has 0 atom stereocenters. The van der Waals surface area contributed by atoms with Crippen LogP contribution in [0.2, 0.25) is 0 Å². The summed E-state index contributed by atoms with van der Waals surface area (Å²) in [6.07, 6.45) is 2.67. The fourth-order valence-electron chi connectivity index (χ4n) is 1.97. The van der Waals surface area contributed by atoms with Crippen LogP contribution >= 0.6 is 12.2 Å². The maximum atomic E-state index is 11.5. The minimum absolute atomic E-state index is 0.0797. The van der Waals surface area contributed by atoms with E-state index in [4.69, 9.17) is 18.0 Å². The number of aromatic nitrogens is 1. The summed E-state index contributed by atoms with van der Waals surface area (Å²) in [6, 6.07) is 3.80. The van der Waals surface area contributed by atoms with E-state index in [1.54, 1.807) is 6.20 Å². The van der Waals surface area contributed by atoms with Crippen LogP contribution in [0.15, 0.2) is 18.3 Å². The highest BCUT2D eigenvalue weighted by molar-refractivity contribution is 7.80. The lowest BCUT2D eigenvalue weighted by Gasteiger charge is -2.18. The molecule has 1 fully saturated rings. The molecule has 0 aliphatic carbocycles. The van der Waals surface area contributed by atoms with Crippen LogP contribution in [0, 0.1) is 0 Å². The lowest BCUT2D eigenvalue weighted by atomic mass is 10.2. The van der Waals surface area contributed by atoms with Gasteiger partial charge >= 0.3 is 0 Å². The first-order valence-electron chi connectivity index (χ1n) is 5.89. The minimum Gasteiger partial charge on any atom is -0.388 e. The molecule has 2 rings (SSSR count). The lowest BCUT2D eigenvalue weighted by molar-refractivity contribution is -0.121. The zero-order chi connectivity index (χ0) is 13.0. The van der Waals surface area contributed by atoms with E-state index in [0.29, 0.717) is 23.8 Å². The molecular weight excluding hydrogens is 248 g/mol. The van der Waals surface area contributed by atoms with Crippen LogP contribution in [0.4, 0.5) is 0 Å². The number of carbonyl (C=O) groups excluding carboxylic acids is 1. The van der Waals surface area contributed by atoms with Crippen LogP contribution in [0.25, 0.3) is 0 Å². The molecule has 0 spiro atoms. The summed E-state index contributed by atoms with van der Waals surface area (Å²) in [7, 11) is 0. The molecule has 1 aromatic rings. The van der Waals surface area contributed by atoms with Crippen LogP contribution in [-0.4, -0.2) is 40.4 Å². The first kappa shape index (κ1) is 12.9. The van der Waals surface area contributed by atoms with E-state index in [2.05, 4.69) is 15.2 Å². The van der Waals surface area contributed by atoms with E-state index in [1.165, 1.54) is 0 Å². The number of hydrogen-bond acceptors (Lipinski definition) is 4. The first-order valence-corrected chi connectivity index (χ1v) is 6.30. The van der Waals surface area contributed by atoms with Gasteiger partial charge in [0.15, 0.2) is 0 Å². The van der Waals surface area contributed by atoms with Crippen molar-refractivity contribution < 1.29 is 4.79 Å². The number of nitrogens with zero attached hydrogens (tertiary/aromatic N) is 2. The predicted octanol–water partition coefficient (Wildman–Crippen LogP) is 0.0377. The third kappa shape index (κ3) is 3.48. The van der Waals surface area contributed by atoms with E-state index in [1.807, 2.05) is 12.1 Å². The van der Waals surface area contributed by atoms with E-state index in [9.17, 15) is 4.79 Å². The molecule has 1 saturated heterocycles. The smallest absolute Gasteiger partial charge is 0.234 e. The van der Waals surface area contributed by atoms with Crippen LogP contribution in [0.3, 0.4) is 0 Å². The number of thiocarbonyl (C=S) groups is 1. The van der Waals surface area contributed by atoms with E-state index in [-0.39, 0.29) is 5.91 Å². The van der Waals surface area contributed by atoms with Crippen LogP contribution in [-0.2, 0) is 11.3 Å². The van der Waals surface area contributed by atoms with Gasteiger partial charge in [-0.25, -0.2) is 0 Å². The maximum Gasteiger partial charge on any atom is 0.234 e. The largest absolute Gasteiger partial charge is 0.388 e. The standard InChI is InChI=1S/C12H16N4OS/c13-12(18)10-6-9(2-4-14-10)7-16-5-1-3-15-11(17)8-16/h2,4,6H,1,3,5,7-8H2,(H2,13,18)(H,15,17). The first-order chi connectivity index (χ1) is 8.65. The fourth-order valence-corrected chi connectivity index (χ4v) is 2.08. The van der Waals surface area contributed by atoms with E-state index in [0.717, 1.165) is 25.1 Å². The topological polar surface area (TPSA) is 71.2 Å². The lowest BCUT2D eigenvalue weighted by Crippen LogP contribution is -2.32. The molecule has 2 heterocycles. The Balaban J connectivity index is 2.05. The van der Waals surface area contributed by atoms with Crippen LogP contribution in [0.5, 0.6) is 0 Å². The van der Waals surface area contributed by atoms with Gasteiger partial charge in [-0.1, -0.05) is 12.2 Å². The maximum absolute atomic E-state index is 11.5. The molecular formula is C12H16N4OS. The molecule has 0 bridgehead atoms. The van der Waals surface area contributed by atoms with Crippen molar-refractivity contribution in [2.45, 2.75) is 13.0 Å². The van der Waals surface area contributed by atoms with Gasteiger partial charge in [-0.05, 0) is 24.1 Å². The predicted molar refractivity (Wildman–Crippen MR) is 73.0 cm³/mol. The second-order valence-corrected chi connectivity index (χ2v) is 4.77. The zero-order valence-electron chi connectivity index (χ0n) is 10.1. The van der Waals surface area contributed by atoms with Gasteiger partial charge in [0.25, 0.3) is 0 Å². The molecule has 96 valence electrons. The van der Waals surface area contributed by atoms with Crippen molar-refractivity contribution in [3.8, 4) is 0 Å². The summed E-state index contributed by atoms with van der Waals surface area (Å²) < 4.78 is 0. The summed E-state index contributed by atoms with van der Waals surface area (Å²) in [5.74, 6) is 0.0797. The molecule has 6 heteroatoms. The molecule has 0 unspecified atom stereocenters. The average molecular weight is 264 g/mol. The van der Waals surface area contributed by atoms with Gasteiger partial charge in [0.05, 0.1) is 12.2 Å². The van der Waals surface area contributed by atoms with Gasteiger partial charge in [0.1, 0.15) is 4.99 Å². The number of pyridine rings is 1. The highest BCUT2D eigenvalue weighted by atomic mass is 32.1. The number of nitrogens with two attached hydrogens (primary N) is 1. The van der Waals surface area contributed by atoms with Crippen molar-refractivity contribution in [3.63, 3.8) is 0 Å². The van der Waals surface area contributed by atoms with Crippen molar-refractivity contribution in [3.05, 3.63) is 29.6 Å². The Bertz CT molecular complexity index is 463. The van der Waals surface area contributed by atoms with Gasteiger partial charge in [0.2, 0.25) is 5.91 Å². The Morgan fingerprint density at radius 3 is 3.22 bits per heavy atom. The van der Waals surface area contributed by atoms with Gasteiger partial charge in [-0.3, -0.25) is 14.7 Å². The Hall–Kier alpha value is -1.53. The summed E-state index contributed by atoms with van der Waals surface area (Å²) >= 11 is 4.90. The normalized spacial score (nSPS) is 17.0. The number of amides is 1. The third-order valence-corrected chi connectivity index (χ3v) is 3.03. The van der Waals surface area contributed by atoms with Gasteiger partial charge in [-0.2, -0.15) is 0 Å². The second-order valence-electron chi connectivity index (χ2n) is 4.33. The Morgan fingerprint density at radius 2 is 2.44 bits per heavy atom. The average Bonchev–Trinajstić information content (AvgIpc) is 2.54. The van der Waals surface area contributed by atoms with E-state index >= 15 is 0 Å². The molecule has 5 nitrogen and oxygen atoms in total. The highest BCUT2D eigenvalue weighted by Crippen LogP contribution is 2.08. The van der Waals surface area contributed by atoms with Crippen molar-refractivity contribution in [1.82, 2.24) is 15.2 Å². The molecule has 0 aromatic carbocycles. The summed E-state index contributed by atoms with van der Waals surface area (Å²) in [4.78, 5) is 18.0. The van der Waals surface area contributed by atoms with Crippen LogP contribution < -0.4 is 11.1 Å². The quantitative estimate of drug-likeness (QED) is 0.754. The fraction of sp³-hybridized carbons (Fsp3) is 0.417. The Labute approximate surface area is 111 Å². The van der Waals surface area contributed by atoms with Crippen LogP contribution in [0.1, 0.15) is 17.7 Å². The van der Waals surface area contributed by atoms with Crippen molar-refractivity contribution in [2.24, 2.45) is 5.73 Å². The minimum atomic E-state index is 0.0797. The molecule has 1 aliphatic heterocycles. The number of carbonyl (C=O) groups is 1. The number of hydrogen-bond donors (Lipinski definition) is 2. The van der Waals surface area contributed by atoms with E-state index < -0.39 is 0 Å². The SMILES string of the molecule is NC(=S)c1cc(CN2CCCNC(=O)C2)ccn1. The molecule has 1 aromatic heterocycles. The van der Waals surface area contributed by atoms with Gasteiger partial charge in [-0.15, -0.1) is 0 Å². The number of rotatable bonds is 3. The second kappa shape index (κ2) is 5.88. The summed E-state index contributed by atoms with van der Waals surface area (Å²) in [5, 5.41) is 2.86. The molecule has 1 aliphatic rings. The highest BCUT2D eigenvalue weighted by Gasteiger charge is 2.14. The van der Waals surface area contributed by atoms with Crippen molar-refractivity contribution >= 4 is 23.1 Å².